The van der Waals surface area contributed by atoms with Crippen molar-refractivity contribution < 1.29 is 33.2 Å². The average Bonchev–Trinajstić information content (AvgIpc) is 3.36. The van der Waals surface area contributed by atoms with Crippen LogP contribution in [0.3, 0.4) is 0 Å². The van der Waals surface area contributed by atoms with Crippen molar-refractivity contribution in [1.82, 2.24) is 0 Å². The summed E-state index contributed by atoms with van der Waals surface area (Å²) < 4.78 is 33.1. The van der Waals surface area contributed by atoms with E-state index in [1.54, 1.807) is 27.4 Å². The number of hydrogen-bond donors (Lipinski definition) is 0. The van der Waals surface area contributed by atoms with Gasteiger partial charge < -0.3 is 28.4 Å². The number of hydrogen-bond acceptors (Lipinski definition) is 7. The molecule has 0 fully saturated rings. The highest BCUT2D eigenvalue weighted by atomic mass is 16.7. The lowest BCUT2D eigenvalue weighted by atomic mass is 9.89. The van der Waals surface area contributed by atoms with E-state index in [9.17, 15) is 4.79 Å². The molecule has 0 saturated heterocycles. The van der Waals surface area contributed by atoms with Crippen molar-refractivity contribution in [2.75, 3.05) is 28.1 Å². The highest BCUT2D eigenvalue weighted by Gasteiger charge is 2.30. The fraction of sp³-hybridized carbons (Fsp3) is 0.227. The van der Waals surface area contributed by atoms with E-state index in [-0.39, 0.29) is 19.4 Å². The Bertz CT molecular complexity index is 1170. The first-order chi connectivity index (χ1) is 14.2. The number of methoxy groups -OCH3 is 3. The van der Waals surface area contributed by atoms with Crippen molar-refractivity contribution in [2.24, 2.45) is 0 Å². The molecule has 7 nitrogen and oxygen atoms in total. The predicted octanol–water partition coefficient (Wildman–Crippen LogP) is 3.93. The van der Waals surface area contributed by atoms with Gasteiger partial charge in [0.15, 0.2) is 23.0 Å². The van der Waals surface area contributed by atoms with Crippen LogP contribution in [0.15, 0.2) is 30.3 Å². The van der Waals surface area contributed by atoms with Gasteiger partial charge in [0.05, 0.1) is 26.9 Å². The van der Waals surface area contributed by atoms with Crippen LogP contribution in [0.2, 0.25) is 0 Å². The lowest BCUT2D eigenvalue weighted by molar-refractivity contribution is 0.0535. The van der Waals surface area contributed by atoms with Crippen LogP contribution in [0.4, 0.5) is 0 Å². The monoisotopic (exact) mass is 394 g/mol. The molecule has 0 aliphatic carbocycles. The zero-order chi connectivity index (χ0) is 20.1. The molecule has 2 aliphatic rings. The van der Waals surface area contributed by atoms with Crippen LogP contribution in [0.5, 0.6) is 28.7 Å². The standard InChI is InChI=1S/C22H18O7/c1-24-17-8-12-6-13-14(9-27-22(13)23)18(19(12)21(26-3)20(17)25-2)11-4-5-15-16(7-11)29-10-28-15/h4-8H,9-10H2,1-3H3. The second kappa shape index (κ2) is 6.48. The molecule has 2 heterocycles. The molecular weight excluding hydrogens is 376 g/mol. The maximum Gasteiger partial charge on any atom is 0.338 e. The Balaban J connectivity index is 1.92. The zero-order valence-corrected chi connectivity index (χ0v) is 16.2. The number of carbonyl (C=O) groups excluding carboxylic acids is 1. The first kappa shape index (κ1) is 17.5. The van der Waals surface area contributed by atoms with Gasteiger partial charge in [-0.05, 0) is 35.2 Å². The molecule has 0 N–H and O–H groups in total. The minimum atomic E-state index is -0.349. The Hall–Kier alpha value is -3.61. The number of fused-ring (bicyclic) bond motifs is 3. The van der Waals surface area contributed by atoms with Gasteiger partial charge in [-0.25, -0.2) is 4.79 Å². The molecule has 0 radical (unpaired) electrons. The first-order valence-corrected chi connectivity index (χ1v) is 9.02. The molecule has 0 aromatic heterocycles. The highest BCUT2D eigenvalue weighted by Crippen LogP contribution is 2.50. The van der Waals surface area contributed by atoms with Gasteiger partial charge in [-0.1, -0.05) is 6.07 Å². The van der Waals surface area contributed by atoms with Crippen molar-refractivity contribution in [3.8, 4) is 39.9 Å². The molecule has 2 aliphatic heterocycles. The molecule has 3 aromatic rings. The van der Waals surface area contributed by atoms with E-state index in [2.05, 4.69) is 0 Å². The van der Waals surface area contributed by atoms with Gasteiger partial charge in [-0.15, -0.1) is 0 Å². The van der Waals surface area contributed by atoms with Crippen LogP contribution >= 0.6 is 0 Å². The third-order valence-corrected chi connectivity index (χ3v) is 5.27. The van der Waals surface area contributed by atoms with Gasteiger partial charge in [0.1, 0.15) is 6.61 Å². The van der Waals surface area contributed by atoms with Crippen LogP contribution in [-0.4, -0.2) is 34.1 Å². The lowest BCUT2D eigenvalue weighted by Gasteiger charge is -2.19. The second-order valence-corrected chi connectivity index (χ2v) is 6.67. The summed E-state index contributed by atoms with van der Waals surface area (Å²) in [5, 5.41) is 1.59. The molecule has 3 aromatic carbocycles. The van der Waals surface area contributed by atoms with Gasteiger partial charge in [0.25, 0.3) is 0 Å². The number of benzene rings is 3. The normalized spacial score (nSPS) is 14.0. The van der Waals surface area contributed by atoms with Crippen LogP contribution in [0, 0.1) is 0 Å². The quantitative estimate of drug-likeness (QED) is 0.621. The van der Waals surface area contributed by atoms with Gasteiger partial charge in [-0.3, -0.25) is 0 Å². The summed E-state index contributed by atoms with van der Waals surface area (Å²) in [6.07, 6.45) is 0. The number of cyclic esters (lactones) is 1. The van der Waals surface area contributed by atoms with Gasteiger partial charge in [-0.2, -0.15) is 0 Å². The van der Waals surface area contributed by atoms with Gasteiger partial charge in [0.2, 0.25) is 12.5 Å². The largest absolute Gasteiger partial charge is 0.493 e. The average molecular weight is 394 g/mol. The number of rotatable bonds is 4. The minimum absolute atomic E-state index is 0.183. The van der Waals surface area contributed by atoms with Crippen molar-refractivity contribution in [2.45, 2.75) is 6.61 Å². The van der Waals surface area contributed by atoms with Gasteiger partial charge in [0, 0.05) is 16.5 Å². The Morgan fingerprint density at radius 3 is 2.41 bits per heavy atom. The minimum Gasteiger partial charge on any atom is -0.493 e. The first-order valence-electron chi connectivity index (χ1n) is 9.02. The number of ether oxygens (including phenoxy) is 6. The Kier molecular flexibility index (Phi) is 3.91. The van der Waals surface area contributed by atoms with E-state index in [1.165, 1.54) is 0 Å². The van der Waals surface area contributed by atoms with Crippen molar-refractivity contribution in [1.29, 1.82) is 0 Å². The van der Waals surface area contributed by atoms with Crippen LogP contribution < -0.4 is 23.7 Å². The van der Waals surface area contributed by atoms with E-state index < -0.39 is 0 Å². The summed E-state index contributed by atoms with van der Waals surface area (Å²) >= 11 is 0. The molecular formula is C22H18O7. The maximum atomic E-state index is 12.4. The van der Waals surface area contributed by atoms with Crippen LogP contribution in [-0.2, 0) is 11.3 Å². The molecule has 7 heteroatoms. The predicted molar refractivity (Wildman–Crippen MR) is 104 cm³/mol. The molecule has 0 atom stereocenters. The van der Waals surface area contributed by atoms with E-state index in [0.717, 1.165) is 27.5 Å². The summed E-state index contributed by atoms with van der Waals surface area (Å²) in [6.45, 7) is 0.369. The molecule has 148 valence electrons. The highest BCUT2D eigenvalue weighted by molar-refractivity contribution is 6.10. The topological polar surface area (TPSA) is 72.5 Å². The van der Waals surface area contributed by atoms with E-state index >= 15 is 0 Å². The number of esters is 1. The molecule has 0 unspecified atom stereocenters. The van der Waals surface area contributed by atoms with E-state index in [0.29, 0.717) is 34.3 Å². The maximum absolute atomic E-state index is 12.4. The summed E-state index contributed by atoms with van der Waals surface area (Å²) in [5.74, 6) is 2.51. The van der Waals surface area contributed by atoms with Crippen molar-refractivity contribution in [3.05, 3.63) is 41.5 Å². The fourth-order valence-corrected chi connectivity index (χ4v) is 3.99. The summed E-state index contributed by atoms with van der Waals surface area (Å²) in [5.41, 5.74) is 3.02. The molecule has 0 saturated carbocycles. The van der Waals surface area contributed by atoms with Crippen LogP contribution in [0.1, 0.15) is 15.9 Å². The molecule has 29 heavy (non-hydrogen) atoms. The molecule has 0 bridgehead atoms. The van der Waals surface area contributed by atoms with Crippen molar-refractivity contribution >= 4 is 16.7 Å². The SMILES string of the molecule is COc1cc2cc3c(c(-c4ccc5c(c4)OCO5)c2c(OC)c1OC)COC3=O. The Morgan fingerprint density at radius 2 is 1.66 bits per heavy atom. The summed E-state index contributed by atoms with van der Waals surface area (Å²) in [7, 11) is 4.70. The smallest absolute Gasteiger partial charge is 0.338 e. The number of carbonyl (C=O) groups is 1. The Morgan fingerprint density at radius 1 is 0.862 bits per heavy atom. The van der Waals surface area contributed by atoms with Crippen LogP contribution in [0.25, 0.3) is 21.9 Å². The summed E-state index contributed by atoms with van der Waals surface area (Å²) in [4.78, 5) is 12.4. The van der Waals surface area contributed by atoms with E-state index in [1.807, 2.05) is 24.3 Å². The zero-order valence-electron chi connectivity index (χ0n) is 16.2. The lowest BCUT2D eigenvalue weighted by Crippen LogP contribution is -2.00. The summed E-state index contributed by atoms with van der Waals surface area (Å²) in [6, 6.07) is 9.32. The Labute approximate surface area is 166 Å². The van der Waals surface area contributed by atoms with Crippen molar-refractivity contribution in [3.63, 3.8) is 0 Å². The third-order valence-electron chi connectivity index (χ3n) is 5.27. The molecule has 0 spiro atoms. The third kappa shape index (κ3) is 2.47. The fourth-order valence-electron chi connectivity index (χ4n) is 3.99. The second-order valence-electron chi connectivity index (χ2n) is 6.67. The van der Waals surface area contributed by atoms with Gasteiger partial charge >= 0.3 is 5.97 Å². The molecule has 0 amide bonds. The van der Waals surface area contributed by atoms with E-state index in [4.69, 9.17) is 28.4 Å². The molecule has 5 rings (SSSR count).